The largest absolute Gasteiger partial charge is 0.299 e. The summed E-state index contributed by atoms with van der Waals surface area (Å²) in [5.41, 5.74) is 1.44. The molecule has 2 aromatic rings. The van der Waals surface area contributed by atoms with Crippen molar-refractivity contribution in [2.45, 2.75) is 12.8 Å². The molecule has 0 atom stereocenters. The van der Waals surface area contributed by atoms with Crippen molar-refractivity contribution in [1.29, 1.82) is 0 Å². The van der Waals surface area contributed by atoms with Crippen molar-refractivity contribution in [3.8, 4) is 0 Å². The Balaban J connectivity index is 2.05. The van der Waals surface area contributed by atoms with Crippen LogP contribution in [-0.4, -0.2) is 5.78 Å². The first-order valence-corrected chi connectivity index (χ1v) is 6.85. The molecule has 0 fully saturated rings. The fourth-order valence-electron chi connectivity index (χ4n) is 1.57. The van der Waals surface area contributed by atoms with E-state index in [9.17, 15) is 9.18 Å². The average Bonchev–Trinajstić information content (AvgIpc) is 2.76. The number of halogens is 2. The Hall–Kier alpha value is -1.00. The van der Waals surface area contributed by atoms with Crippen LogP contribution < -0.4 is 0 Å². The molecule has 0 radical (unpaired) electrons. The molecule has 0 saturated carbocycles. The number of thiophene rings is 1. The number of hydrogen-bond donors (Lipinski definition) is 0. The van der Waals surface area contributed by atoms with E-state index in [-0.39, 0.29) is 18.0 Å². The zero-order valence-corrected chi connectivity index (χ0v) is 11.4. The molecule has 0 N–H and O–H groups in total. The fraction of sp³-hybridized carbons (Fsp3) is 0.154. The lowest BCUT2D eigenvalue weighted by Crippen LogP contribution is -2.07. The summed E-state index contributed by atoms with van der Waals surface area (Å²) in [4.78, 5) is 11.8. The van der Waals surface area contributed by atoms with E-state index in [1.54, 1.807) is 23.5 Å². The highest BCUT2D eigenvalue weighted by Gasteiger charge is 2.09. The Kier molecular flexibility index (Phi) is 4.07. The standard InChI is InChI=1S/C13H10BrFOS/c14-11-1-2-13(15)10(6-11)7-12(16)5-9-3-4-17-8-9/h1-4,6,8H,5,7H2. The summed E-state index contributed by atoms with van der Waals surface area (Å²) in [7, 11) is 0. The van der Waals surface area contributed by atoms with Gasteiger partial charge in [-0.2, -0.15) is 11.3 Å². The molecule has 0 unspecified atom stereocenters. The van der Waals surface area contributed by atoms with E-state index in [0.717, 1.165) is 10.0 Å². The van der Waals surface area contributed by atoms with Crippen LogP contribution in [0.1, 0.15) is 11.1 Å². The summed E-state index contributed by atoms with van der Waals surface area (Å²) in [6.45, 7) is 0. The second-order valence-corrected chi connectivity index (χ2v) is 5.46. The molecular weight excluding hydrogens is 303 g/mol. The highest BCUT2D eigenvalue weighted by molar-refractivity contribution is 9.10. The average molecular weight is 313 g/mol. The van der Waals surface area contributed by atoms with Crippen LogP contribution in [0, 0.1) is 5.82 Å². The number of Topliss-reactive ketones (excluding diaryl/α,β-unsaturated/α-hetero) is 1. The second kappa shape index (κ2) is 5.56. The lowest BCUT2D eigenvalue weighted by atomic mass is 10.0. The lowest BCUT2D eigenvalue weighted by Gasteiger charge is -2.03. The van der Waals surface area contributed by atoms with Gasteiger partial charge in [-0.3, -0.25) is 4.79 Å². The Bertz CT molecular complexity index is 522. The molecule has 0 amide bonds. The molecule has 0 saturated heterocycles. The van der Waals surface area contributed by atoms with Crippen molar-refractivity contribution in [2.24, 2.45) is 0 Å². The minimum atomic E-state index is -0.327. The number of ketones is 1. The first-order valence-electron chi connectivity index (χ1n) is 5.12. The van der Waals surface area contributed by atoms with Crippen LogP contribution in [0.5, 0.6) is 0 Å². The quantitative estimate of drug-likeness (QED) is 0.834. The maximum absolute atomic E-state index is 13.4. The smallest absolute Gasteiger partial charge is 0.141 e. The Morgan fingerprint density at radius 3 is 2.82 bits per heavy atom. The Labute approximate surface area is 111 Å². The number of benzene rings is 1. The molecule has 1 aromatic heterocycles. The minimum absolute atomic E-state index is 0.0281. The molecule has 0 aliphatic rings. The molecule has 0 bridgehead atoms. The van der Waals surface area contributed by atoms with Gasteiger partial charge in [-0.15, -0.1) is 0 Å². The molecular formula is C13H10BrFOS. The summed E-state index contributed by atoms with van der Waals surface area (Å²) in [6, 6.07) is 6.57. The molecule has 0 aliphatic heterocycles. The zero-order valence-electron chi connectivity index (χ0n) is 8.95. The molecule has 0 spiro atoms. The zero-order chi connectivity index (χ0) is 12.3. The Morgan fingerprint density at radius 2 is 2.12 bits per heavy atom. The number of carbonyl (C=O) groups excluding carboxylic acids is 1. The van der Waals surface area contributed by atoms with Crippen LogP contribution in [0.2, 0.25) is 0 Å². The van der Waals surface area contributed by atoms with Gasteiger partial charge >= 0.3 is 0 Å². The van der Waals surface area contributed by atoms with Crippen LogP contribution in [-0.2, 0) is 17.6 Å². The molecule has 1 nitrogen and oxygen atoms in total. The topological polar surface area (TPSA) is 17.1 Å². The van der Waals surface area contributed by atoms with E-state index >= 15 is 0 Å². The van der Waals surface area contributed by atoms with Crippen LogP contribution in [0.4, 0.5) is 4.39 Å². The summed E-state index contributed by atoms with van der Waals surface area (Å²) in [5.74, 6) is -0.299. The molecule has 88 valence electrons. The SMILES string of the molecule is O=C(Cc1ccsc1)Cc1cc(Br)ccc1F. The number of hydrogen-bond acceptors (Lipinski definition) is 2. The van der Waals surface area contributed by atoms with Crippen molar-refractivity contribution in [3.63, 3.8) is 0 Å². The van der Waals surface area contributed by atoms with Crippen molar-refractivity contribution in [3.05, 3.63) is 56.4 Å². The van der Waals surface area contributed by atoms with E-state index < -0.39 is 0 Å². The van der Waals surface area contributed by atoms with E-state index in [0.29, 0.717) is 12.0 Å². The van der Waals surface area contributed by atoms with Crippen LogP contribution in [0.3, 0.4) is 0 Å². The summed E-state index contributed by atoms with van der Waals surface area (Å²) < 4.78 is 14.2. The van der Waals surface area contributed by atoms with Gasteiger partial charge in [0.1, 0.15) is 11.6 Å². The van der Waals surface area contributed by atoms with Gasteiger partial charge in [0.2, 0.25) is 0 Å². The van der Waals surface area contributed by atoms with E-state index in [2.05, 4.69) is 15.9 Å². The molecule has 0 aliphatic carbocycles. The van der Waals surface area contributed by atoms with Gasteiger partial charge in [0.05, 0.1) is 0 Å². The third-order valence-corrected chi connectivity index (χ3v) is 3.60. The van der Waals surface area contributed by atoms with Crippen molar-refractivity contribution in [2.75, 3.05) is 0 Å². The Morgan fingerprint density at radius 1 is 1.29 bits per heavy atom. The molecule has 1 heterocycles. The van der Waals surface area contributed by atoms with Crippen LogP contribution >= 0.6 is 27.3 Å². The van der Waals surface area contributed by atoms with Crippen LogP contribution in [0.15, 0.2) is 39.5 Å². The van der Waals surface area contributed by atoms with E-state index in [1.165, 1.54) is 6.07 Å². The van der Waals surface area contributed by atoms with E-state index in [4.69, 9.17) is 0 Å². The van der Waals surface area contributed by atoms with Gasteiger partial charge in [-0.25, -0.2) is 4.39 Å². The predicted octanol–water partition coefficient (Wildman–Crippen LogP) is 4.00. The lowest BCUT2D eigenvalue weighted by molar-refractivity contribution is -0.117. The predicted molar refractivity (Wildman–Crippen MR) is 70.8 cm³/mol. The third-order valence-electron chi connectivity index (χ3n) is 2.38. The molecule has 4 heteroatoms. The highest BCUT2D eigenvalue weighted by atomic mass is 79.9. The van der Waals surface area contributed by atoms with Gasteiger partial charge in [-0.05, 0) is 46.2 Å². The van der Waals surface area contributed by atoms with Crippen molar-refractivity contribution < 1.29 is 9.18 Å². The van der Waals surface area contributed by atoms with Gasteiger partial charge in [-0.1, -0.05) is 15.9 Å². The maximum Gasteiger partial charge on any atom is 0.141 e. The highest BCUT2D eigenvalue weighted by Crippen LogP contribution is 2.17. The monoisotopic (exact) mass is 312 g/mol. The fourth-order valence-corrected chi connectivity index (χ4v) is 2.65. The summed E-state index contributed by atoms with van der Waals surface area (Å²) in [5, 5.41) is 3.87. The van der Waals surface area contributed by atoms with Gasteiger partial charge < -0.3 is 0 Å². The number of rotatable bonds is 4. The second-order valence-electron chi connectivity index (χ2n) is 3.76. The molecule has 17 heavy (non-hydrogen) atoms. The molecule has 1 aromatic carbocycles. The molecule has 2 rings (SSSR count). The van der Waals surface area contributed by atoms with Gasteiger partial charge in [0.15, 0.2) is 0 Å². The van der Waals surface area contributed by atoms with Crippen molar-refractivity contribution in [1.82, 2.24) is 0 Å². The first kappa shape index (κ1) is 12.5. The first-order chi connectivity index (χ1) is 8.15. The van der Waals surface area contributed by atoms with Crippen molar-refractivity contribution >= 4 is 33.0 Å². The minimum Gasteiger partial charge on any atom is -0.299 e. The van der Waals surface area contributed by atoms with E-state index in [1.807, 2.05) is 16.8 Å². The summed E-state index contributed by atoms with van der Waals surface area (Å²) in [6.07, 6.45) is 0.510. The van der Waals surface area contributed by atoms with Gasteiger partial charge in [0.25, 0.3) is 0 Å². The third kappa shape index (κ3) is 3.48. The number of carbonyl (C=O) groups is 1. The normalized spacial score (nSPS) is 10.5. The van der Waals surface area contributed by atoms with Gasteiger partial charge in [0, 0.05) is 17.3 Å². The maximum atomic E-state index is 13.4. The van der Waals surface area contributed by atoms with Crippen LogP contribution in [0.25, 0.3) is 0 Å². The summed E-state index contributed by atoms with van der Waals surface area (Å²) >= 11 is 4.83.